The van der Waals surface area contributed by atoms with E-state index in [1.54, 1.807) is 0 Å². The van der Waals surface area contributed by atoms with Crippen molar-refractivity contribution in [2.45, 2.75) is 71.4 Å². The number of fused-ring (bicyclic) bond motifs is 3. The van der Waals surface area contributed by atoms with Crippen LogP contribution in [-0.2, 0) is 0 Å². The minimum absolute atomic E-state index is 0.216. The number of hydrogen-bond donors (Lipinski definition) is 1. The van der Waals surface area contributed by atoms with Gasteiger partial charge in [0.2, 0.25) is 0 Å². The molecule has 0 saturated carbocycles. The Hall–Kier alpha value is -1.88. The largest absolute Gasteiger partial charge is 0.330 e. The van der Waals surface area contributed by atoms with Crippen molar-refractivity contribution in [1.82, 2.24) is 5.01 Å². The second-order valence-electron chi connectivity index (χ2n) is 7.55. The van der Waals surface area contributed by atoms with Gasteiger partial charge in [-0.2, -0.15) is 5.10 Å². The number of benzene rings is 1. The van der Waals surface area contributed by atoms with E-state index in [4.69, 9.17) is 15.8 Å². The zero-order chi connectivity index (χ0) is 19.1. The SMILES string of the molecule is CCCCCC1=NCC2=NN(CCCCC)C(CCN)N2c2ccccc21. The van der Waals surface area contributed by atoms with Crippen LogP contribution < -0.4 is 10.6 Å². The van der Waals surface area contributed by atoms with Crippen molar-refractivity contribution < 1.29 is 0 Å². The summed E-state index contributed by atoms with van der Waals surface area (Å²) in [6.45, 7) is 6.82. The van der Waals surface area contributed by atoms with Crippen LogP contribution >= 0.6 is 0 Å². The molecule has 3 rings (SSSR count). The zero-order valence-corrected chi connectivity index (χ0v) is 17.0. The highest BCUT2D eigenvalue weighted by Gasteiger charge is 2.36. The minimum Gasteiger partial charge on any atom is -0.330 e. The first-order valence-electron chi connectivity index (χ1n) is 10.8. The number of nitrogens with two attached hydrogens (primary N) is 1. The van der Waals surface area contributed by atoms with Gasteiger partial charge in [0, 0.05) is 24.2 Å². The van der Waals surface area contributed by atoms with Crippen LogP contribution in [0.5, 0.6) is 0 Å². The maximum absolute atomic E-state index is 5.98. The van der Waals surface area contributed by atoms with Crippen molar-refractivity contribution >= 4 is 17.2 Å². The number of unbranched alkanes of at least 4 members (excludes halogenated alkanes) is 4. The van der Waals surface area contributed by atoms with Gasteiger partial charge in [0.15, 0.2) is 5.84 Å². The number of rotatable bonds is 10. The van der Waals surface area contributed by atoms with E-state index in [0.29, 0.717) is 13.1 Å². The van der Waals surface area contributed by atoms with Crippen molar-refractivity contribution in [1.29, 1.82) is 0 Å². The summed E-state index contributed by atoms with van der Waals surface area (Å²) in [7, 11) is 0. The van der Waals surface area contributed by atoms with Crippen LogP contribution in [0.3, 0.4) is 0 Å². The third-order valence-electron chi connectivity index (χ3n) is 5.48. The highest BCUT2D eigenvalue weighted by molar-refractivity contribution is 6.13. The van der Waals surface area contributed by atoms with E-state index in [9.17, 15) is 0 Å². The number of anilines is 1. The second-order valence-corrected chi connectivity index (χ2v) is 7.55. The van der Waals surface area contributed by atoms with Gasteiger partial charge in [-0.3, -0.25) is 10.0 Å². The molecular formula is C22H35N5. The summed E-state index contributed by atoms with van der Waals surface area (Å²) in [6, 6.07) is 8.71. The molecule has 0 aromatic heterocycles. The minimum atomic E-state index is 0.216. The summed E-state index contributed by atoms with van der Waals surface area (Å²) >= 11 is 0. The molecule has 0 bridgehead atoms. The van der Waals surface area contributed by atoms with Gasteiger partial charge in [-0.05, 0) is 31.9 Å². The van der Waals surface area contributed by atoms with Gasteiger partial charge in [-0.15, -0.1) is 0 Å². The lowest BCUT2D eigenvalue weighted by Gasteiger charge is -2.32. The number of hydrogen-bond acceptors (Lipinski definition) is 5. The Kier molecular flexibility index (Phi) is 7.27. The fraction of sp³-hybridized carbons (Fsp3) is 0.636. The summed E-state index contributed by atoms with van der Waals surface area (Å²) in [5.74, 6) is 1.07. The van der Waals surface area contributed by atoms with Gasteiger partial charge in [-0.25, -0.2) is 0 Å². The first-order chi connectivity index (χ1) is 13.3. The average molecular weight is 370 g/mol. The summed E-state index contributed by atoms with van der Waals surface area (Å²) in [4.78, 5) is 7.40. The lowest BCUT2D eigenvalue weighted by molar-refractivity contribution is 0.219. The van der Waals surface area contributed by atoms with Crippen LogP contribution in [0.2, 0.25) is 0 Å². The third-order valence-corrected chi connectivity index (χ3v) is 5.48. The van der Waals surface area contributed by atoms with Crippen LogP contribution in [0.1, 0.15) is 70.8 Å². The topological polar surface area (TPSA) is 57.2 Å². The molecule has 5 nitrogen and oxygen atoms in total. The zero-order valence-electron chi connectivity index (χ0n) is 17.0. The Bertz CT molecular complexity index is 666. The molecule has 0 saturated heterocycles. The van der Waals surface area contributed by atoms with E-state index in [2.05, 4.69) is 48.0 Å². The number of para-hydroxylation sites is 1. The molecule has 0 spiro atoms. The number of amidine groups is 1. The maximum atomic E-state index is 5.98. The fourth-order valence-electron chi connectivity index (χ4n) is 4.06. The molecule has 0 fully saturated rings. The predicted octanol–water partition coefficient (Wildman–Crippen LogP) is 4.37. The standard InChI is InChI=1S/C22H35N5/c1-3-5-7-12-19-18-11-8-9-13-20(18)27-21(17-24-19)25-26(16-10-6-4-2)22(27)14-15-23/h8-9,11,13,22H,3-7,10,12,14-17,23H2,1-2H3. The van der Waals surface area contributed by atoms with E-state index in [1.807, 2.05) is 0 Å². The highest BCUT2D eigenvalue weighted by Crippen LogP contribution is 2.33. The predicted molar refractivity (Wildman–Crippen MR) is 116 cm³/mol. The smallest absolute Gasteiger partial charge is 0.153 e. The number of hydrazone groups is 1. The Morgan fingerprint density at radius 3 is 2.63 bits per heavy atom. The van der Waals surface area contributed by atoms with Crippen LogP contribution in [0, 0.1) is 0 Å². The molecule has 0 amide bonds. The molecule has 0 radical (unpaired) electrons. The van der Waals surface area contributed by atoms with Crippen molar-refractivity contribution in [3.8, 4) is 0 Å². The summed E-state index contributed by atoms with van der Waals surface area (Å²) in [6.07, 6.45) is 9.52. The molecule has 27 heavy (non-hydrogen) atoms. The average Bonchev–Trinajstić information content (AvgIpc) is 2.94. The molecule has 2 heterocycles. The molecule has 1 unspecified atom stereocenters. The van der Waals surface area contributed by atoms with Crippen LogP contribution in [0.25, 0.3) is 0 Å². The number of aliphatic imine (C=N–C) groups is 1. The Morgan fingerprint density at radius 1 is 1.07 bits per heavy atom. The Labute approximate surface area is 164 Å². The summed E-state index contributed by atoms with van der Waals surface area (Å²) in [5.41, 5.74) is 9.74. The monoisotopic (exact) mass is 369 g/mol. The van der Waals surface area contributed by atoms with Crippen molar-refractivity contribution in [3.05, 3.63) is 29.8 Å². The maximum Gasteiger partial charge on any atom is 0.153 e. The highest BCUT2D eigenvalue weighted by atomic mass is 15.6. The van der Waals surface area contributed by atoms with Gasteiger partial charge in [0.05, 0.1) is 12.2 Å². The molecule has 1 aromatic carbocycles. The van der Waals surface area contributed by atoms with E-state index < -0.39 is 0 Å². The lowest BCUT2D eigenvalue weighted by atomic mass is 10.0. The van der Waals surface area contributed by atoms with E-state index in [1.165, 1.54) is 55.5 Å². The molecule has 1 aromatic rings. The van der Waals surface area contributed by atoms with Gasteiger partial charge in [0.1, 0.15) is 6.17 Å². The van der Waals surface area contributed by atoms with Gasteiger partial charge < -0.3 is 10.6 Å². The summed E-state index contributed by atoms with van der Waals surface area (Å²) in [5, 5.41) is 7.24. The third kappa shape index (κ3) is 4.52. The first-order valence-corrected chi connectivity index (χ1v) is 10.8. The Balaban J connectivity index is 1.89. The van der Waals surface area contributed by atoms with Crippen molar-refractivity contribution in [3.63, 3.8) is 0 Å². The van der Waals surface area contributed by atoms with E-state index in [-0.39, 0.29) is 6.17 Å². The van der Waals surface area contributed by atoms with E-state index >= 15 is 0 Å². The van der Waals surface area contributed by atoms with Crippen LogP contribution in [-0.4, -0.2) is 42.4 Å². The van der Waals surface area contributed by atoms with Gasteiger partial charge >= 0.3 is 0 Å². The molecular weight excluding hydrogens is 334 g/mol. The van der Waals surface area contributed by atoms with Crippen LogP contribution in [0.15, 0.2) is 34.4 Å². The second kappa shape index (κ2) is 9.88. The molecule has 2 N–H and O–H groups in total. The Morgan fingerprint density at radius 2 is 1.85 bits per heavy atom. The molecule has 2 aliphatic heterocycles. The first kappa shape index (κ1) is 19.9. The molecule has 1 atom stereocenters. The number of nitrogens with zero attached hydrogens (tertiary/aromatic N) is 4. The van der Waals surface area contributed by atoms with Crippen molar-refractivity contribution in [2.24, 2.45) is 15.8 Å². The van der Waals surface area contributed by atoms with Crippen molar-refractivity contribution in [2.75, 3.05) is 24.5 Å². The van der Waals surface area contributed by atoms with Gasteiger partial charge in [-0.1, -0.05) is 57.7 Å². The molecule has 148 valence electrons. The normalized spacial score (nSPS) is 18.7. The molecule has 2 aliphatic rings. The van der Waals surface area contributed by atoms with E-state index in [0.717, 1.165) is 25.2 Å². The summed E-state index contributed by atoms with van der Waals surface area (Å²) < 4.78 is 0. The lowest BCUT2D eigenvalue weighted by Crippen LogP contribution is -2.44. The molecule has 5 heteroatoms. The molecule has 0 aliphatic carbocycles. The van der Waals surface area contributed by atoms with Crippen LogP contribution in [0.4, 0.5) is 5.69 Å². The van der Waals surface area contributed by atoms with Gasteiger partial charge in [0.25, 0.3) is 0 Å². The fourth-order valence-corrected chi connectivity index (χ4v) is 4.06. The quantitative estimate of drug-likeness (QED) is 0.623.